The second kappa shape index (κ2) is 5.65. The highest BCUT2D eigenvalue weighted by Crippen LogP contribution is 2.29. The summed E-state index contributed by atoms with van der Waals surface area (Å²) in [4.78, 5) is 20.1. The molecule has 0 unspecified atom stereocenters. The molecule has 5 N–H and O–H groups in total. The number of ether oxygens (including phenoxy) is 2. The van der Waals surface area contributed by atoms with Gasteiger partial charge in [0.15, 0.2) is 11.6 Å². The van der Waals surface area contributed by atoms with E-state index in [1.807, 2.05) is 0 Å². The Hall–Kier alpha value is -1.84. The van der Waals surface area contributed by atoms with Crippen molar-refractivity contribution >= 4 is 17.5 Å². The predicted molar refractivity (Wildman–Crippen MR) is 73.6 cm³/mol. The number of hydrogen-bond acceptors (Lipinski definition) is 8. The van der Waals surface area contributed by atoms with Gasteiger partial charge in [0.25, 0.3) is 5.56 Å². The first-order valence-electron chi connectivity index (χ1n) is 6.15. The minimum atomic E-state index is -0.975. The Morgan fingerprint density at radius 1 is 1.50 bits per heavy atom. The number of hydrogen-bond donors (Lipinski definition) is 4. The fraction of sp³-hybridized carbons (Fsp3) is 0.636. The topological polar surface area (TPSA) is 126 Å². The van der Waals surface area contributed by atoms with Gasteiger partial charge in [-0.2, -0.15) is 4.98 Å². The number of H-pyrrole nitrogens is 1. The van der Waals surface area contributed by atoms with Crippen LogP contribution in [0.1, 0.15) is 6.42 Å². The first kappa shape index (κ1) is 14.6. The standard InChI is InChI=1S/C11H19N5O4/c1-19-11(20-2,3-4-17)5-16-6-13-7-8(16)14-10(12)15-9(7)18/h13,17H,3-6H2,1-2H3,(H3,12,14,15,18). The van der Waals surface area contributed by atoms with Gasteiger partial charge in [-0.15, -0.1) is 0 Å². The largest absolute Gasteiger partial charge is 0.396 e. The number of nitrogen functional groups attached to an aromatic ring is 1. The van der Waals surface area contributed by atoms with Crippen LogP contribution in [0, 0.1) is 0 Å². The van der Waals surface area contributed by atoms with Gasteiger partial charge in [-0.25, -0.2) is 0 Å². The molecule has 1 aliphatic rings. The van der Waals surface area contributed by atoms with Crippen LogP contribution in [0.25, 0.3) is 0 Å². The lowest BCUT2D eigenvalue weighted by molar-refractivity contribution is -0.207. The van der Waals surface area contributed by atoms with Crippen molar-refractivity contribution in [2.45, 2.75) is 12.2 Å². The molecule has 112 valence electrons. The van der Waals surface area contributed by atoms with E-state index in [4.69, 9.17) is 20.3 Å². The van der Waals surface area contributed by atoms with Crippen LogP contribution in [0.4, 0.5) is 17.5 Å². The number of aliphatic hydroxyl groups is 1. The SMILES string of the molecule is COC(CCO)(CN1CNc2c1nc(N)[nH]c2=O)OC. The number of nitrogens with zero attached hydrogens (tertiary/aromatic N) is 2. The Bertz CT molecular complexity index is 528. The first-order valence-corrected chi connectivity index (χ1v) is 6.15. The molecule has 0 amide bonds. The zero-order valence-corrected chi connectivity index (χ0v) is 11.5. The normalized spacial score (nSPS) is 14.2. The molecule has 0 aliphatic carbocycles. The lowest BCUT2D eigenvalue weighted by Gasteiger charge is -2.34. The van der Waals surface area contributed by atoms with Gasteiger partial charge in [0.2, 0.25) is 5.95 Å². The van der Waals surface area contributed by atoms with Crippen LogP contribution in [0.5, 0.6) is 0 Å². The van der Waals surface area contributed by atoms with Gasteiger partial charge >= 0.3 is 0 Å². The van der Waals surface area contributed by atoms with E-state index >= 15 is 0 Å². The van der Waals surface area contributed by atoms with Gasteiger partial charge in [0, 0.05) is 27.2 Å². The molecule has 9 heteroatoms. The van der Waals surface area contributed by atoms with Gasteiger partial charge in [-0.1, -0.05) is 0 Å². The Morgan fingerprint density at radius 3 is 2.80 bits per heavy atom. The summed E-state index contributed by atoms with van der Waals surface area (Å²) in [5.41, 5.74) is 5.60. The summed E-state index contributed by atoms with van der Waals surface area (Å²) in [5.74, 6) is -0.482. The van der Waals surface area contributed by atoms with Crippen LogP contribution in [0.15, 0.2) is 4.79 Å². The van der Waals surface area contributed by atoms with Gasteiger partial charge < -0.3 is 30.5 Å². The van der Waals surface area contributed by atoms with Crippen LogP contribution in [0.3, 0.4) is 0 Å². The maximum atomic E-state index is 11.7. The van der Waals surface area contributed by atoms with Gasteiger partial charge in [0.05, 0.1) is 13.2 Å². The number of fused-ring (bicyclic) bond motifs is 1. The highest BCUT2D eigenvalue weighted by Gasteiger charge is 2.35. The van der Waals surface area contributed by atoms with Crippen molar-refractivity contribution in [3.63, 3.8) is 0 Å². The van der Waals surface area contributed by atoms with Crippen molar-refractivity contribution in [1.29, 1.82) is 0 Å². The predicted octanol–water partition coefficient (Wildman–Crippen LogP) is -1.09. The van der Waals surface area contributed by atoms with Gasteiger partial charge in [-0.05, 0) is 0 Å². The molecule has 0 atom stereocenters. The van der Waals surface area contributed by atoms with E-state index in [9.17, 15) is 4.79 Å². The van der Waals surface area contributed by atoms with Crippen molar-refractivity contribution in [3.05, 3.63) is 10.4 Å². The summed E-state index contributed by atoms with van der Waals surface area (Å²) < 4.78 is 10.7. The number of nitrogens with two attached hydrogens (primary N) is 1. The third-order valence-corrected chi connectivity index (χ3v) is 3.33. The Labute approximate surface area is 115 Å². The number of nitrogens with one attached hydrogen (secondary N) is 2. The van der Waals surface area contributed by atoms with E-state index in [1.165, 1.54) is 14.2 Å². The molecule has 1 aliphatic heterocycles. The maximum absolute atomic E-state index is 11.7. The number of aromatic amines is 1. The Kier molecular flexibility index (Phi) is 4.12. The Balaban J connectivity index is 2.28. The van der Waals surface area contributed by atoms with E-state index in [0.29, 0.717) is 31.1 Å². The van der Waals surface area contributed by atoms with E-state index in [0.717, 1.165) is 0 Å². The number of rotatable bonds is 6. The third-order valence-electron chi connectivity index (χ3n) is 3.33. The van der Waals surface area contributed by atoms with Crippen LogP contribution in [-0.4, -0.2) is 54.9 Å². The van der Waals surface area contributed by atoms with E-state index in [-0.39, 0.29) is 18.1 Å². The maximum Gasteiger partial charge on any atom is 0.277 e. The van der Waals surface area contributed by atoms with Crippen LogP contribution >= 0.6 is 0 Å². The molecule has 2 heterocycles. The molecule has 2 rings (SSSR count). The third kappa shape index (κ3) is 2.55. The molecule has 9 nitrogen and oxygen atoms in total. The van der Waals surface area contributed by atoms with Crippen LogP contribution in [0.2, 0.25) is 0 Å². The monoisotopic (exact) mass is 285 g/mol. The highest BCUT2D eigenvalue weighted by molar-refractivity contribution is 5.70. The number of methoxy groups -OCH3 is 2. The second-order valence-corrected chi connectivity index (χ2v) is 4.48. The van der Waals surface area contributed by atoms with Crippen molar-refractivity contribution in [2.75, 3.05) is 50.0 Å². The van der Waals surface area contributed by atoms with Crippen molar-refractivity contribution in [2.24, 2.45) is 0 Å². The molecule has 1 aromatic rings. The smallest absolute Gasteiger partial charge is 0.277 e. The van der Waals surface area contributed by atoms with Crippen molar-refractivity contribution < 1.29 is 14.6 Å². The average molecular weight is 285 g/mol. The minimum absolute atomic E-state index is 0.0463. The van der Waals surface area contributed by atoms with E-state index < -0.39 is 5.79 Å². The summed E-state index contributed by atoms with van der Waals surface area (Å²) in [6.45, 7) is 0.603. The number of aromatic nitrogens is 2. The van der Waals surface area contributed by atoms with Gasteiger partial charge in [0.1, 0.15) is 5.69 Å². The van der Waals surface area contributed by atoms with Crippen molar-refractivity contribution in [3.8, 4) is 0 Å². The summed E-state index contributed by atoms with van der Waals surface area (Å²) in [7, 11) is 3.01. The highest BCUT2D eigenvalue weighted by atomic mass is 16.7. The molecule has 20 heavy (non-hydrogen) atoms. The van der Waals surface area contributed by atoms with Crippen molar-refractivity contribution in [1.82, 2.24) is 9.97 Å². The molecular weight excluding hydrogens is 266 g/mol. The number of aliphatic hydroxyl groups excluding tert-OH is 1. The minimum Gasteiger partial charge on any atom is -0.396 e. The molecule has 0 aromatic carbocycles. The molecule has 0 fully saturated rings. The Morgan fingerprint density at radius 2 is 2.20 bits per heavy atom. The summed E-state index contributed by atoms with van der Waals surface area (Å²) in [5, 5.41) is 12.1. The zero-order chi connectivity index (χ0) is 14.8. The molecule has 0 radical (unpaired) electrons. The molecule has 1 aromatic heterocycles. The first-order chi connectivity index (χ1) is 9.55. The zero-order valence-electron chi connectivity index (χ0n) is 11.5. The quantitative estimate of drug-likeness (QED) is 0.486. The lowest BCUT2D eigenvalue weighted by atomic mass is 10.2. The molecule has 0 saturated carbocycles. The molecular formula is C11H19N5O4. The van der Waals surface area contributed by atoms with Crippen LogP contribution < -0.4 is 21.5 Å². The molecule has 0 saturated heterocycles. The fourth-order valence-electron chi connectivity index (χ4n) is 2.20. The molecule has 0 bridgehead atoms. The summed E-state index contributed by atoms with van der Waals surface area (Å²) in [6.07, 6.45) is 0.296. The second-order valence-electron chi connectivity index (χ2n) is 4.48. The lowest BCUT2D eigenvalue weighted by Crippen LogP contribution is -2.47. The number of anilines is 3. The van der Waals surface area contributed by atoms with Crippen LogP contribution in [-0.2, 0) is 9.47 Å². The summed E-state index contributed by atoms with van der Waals surface area (Å²) in [6, 6.07) is 0. The fourth-order valence-corrected chi connectivity index (χ4v) is 2.20. The van der Waals surface area contributed by atoms with E-state index in [2.05, 4.69) is 15.3 Å². The van der Waals surface area contributed by atoms with Gasteiger partial charge in [-0.3, -0.25) is 9.78 Å². The average Bonchev–Trinajstić information content (AvgIpc) is 2.81. The summed E-state index contributed by atoms with van der Waals surface area (Å²) >= 11 is 0. The van der Waals surface area contributed by atoms with E-state index in [1.54, 1.807) is 4.90 Å². The molecule has 0 spiro atoms.